The molecule has 0 bridgehead atoms. The number of ether oxygens (including phenoxy) is 1. The second-order valence-electron chi connectivity index (χ2n) is 5.80. The maximum absolute atomic E-state index is 13.2. The van der Waals surface area contributed by atoms with E-state index in [0.29, 0.717) is 5.69 Å². The SMILES string of the molecule is C[C@@H](OC(=O)Cc1cccc2cccnc12)C(=O)Nc1cccc(F)c1. The summed E-state index contributed by atoms with van der Waals surface area (Å²) < 4.78 is 18.4. The van der Waals surface area contributed by atoms with Crippen LogP contribution < -0.4 is 5.32 Å². The maximum Gasteiger partial charge on any atom is 0.311 e. The predicted molar refractivity (Wildman–Crippen MR) is 96.0 cm³/mol. The van der Waals surface area contributed by atoms with Gasteiger partial charge in [0.05, 0.1) is 11.9 Å². The van der Waals surface area contributed by atoms with Crippen molar-refractivity contribution in [2.75, 3.05) is 5.32 Å². The largest absolute Gasteiger partial charge is 0.452 e. The summed E-state index contributed by atoms with van der Waals surface area (Å²) in [6.07, 6.45) is 0.659. The van der Waals surface area contributed by atoms with Crippen LogP contribution in [0.15, 0.2) is 60.8 Å². The molecule has 0 radical (unpaired) electrons. The molecule has 1 heterocycles. The monoisotopic (exact) mass is 352 g/mol. The van der Waals surface area contributed by atoms with Gasteiger partial charge in [-0.25, -0.2) is 4.39 Å². The molecule has 1 amide bonds. The Hall–Kier alpha value is -3.28. The normalized spacial score (nSPS) is 11.8. The van der Waals surface area contributed by atoms with Gasteiger partial charge in [-0.05, 0) is 36.8 Å². The molecule has 0 aliphatic heterocycles. The van der Waals surface area contributed by atoms with Crippen molar-refractivity contribution in [2.24, 2.45) is 0 Å². The van der Waals surface area contributed by atoms with Crippen molar-refractivity contribution in [1.82, 2.24) is 4.98 Å². The number of rotatable bonds is 5. The van der Waals surface area contributed by atoms with Crippen LogP contribution in [0.1, 0.15) is 12.5 Å². The van der Waals surface area contributed by atoms with Gasteiger partial charge in [-0.3, -0.25) is 14.6 Å². The molecule has 0 aliphatic carbocycles. The minimum absolute atomic E-state index is 0.00589. The lowest BCUT2D eigenvalue weighted by Gasteiger charge is -2.14. The van der Waals surface area contributed by atoms with Gasteiger partial charge in [0.15, 0.2) is 6.10 Å². The van der Waals surface area contributed by atoms with Crippen molar-refractivity contribution in [3.8, 4) is 0 Å². The average molecular weight is 352 g/mol. The second kappa shape index (κ2) is 7.74. The first kappa shape index (κ1) is 17.5. The summed E-state index contributed by atoms with van der Waals surface area (Å²) in [5, 5.41) is 3.44. The number of anilines is 1. The molecule has 132 valence electrons. The number of carbonyl (C=O) groups excluding carboxylic acids is 2. The summed E-state index contributed by atoms with van der Waals surface area (Å²) >= 11 is 0. The molecule has 6 heteroatoms. The standard InChI is InChI=1S/C20H17FN2O3/c1-13(20(25)23-17-9-3-8-16(21)12-17)26-18(24)11-15-6-2-5-14-7-4-10-22-19(14)15/h2-10,12-13H,11H2,1H3,(H,23,25)/t13-/m1/s1. The minimum Gasteiger partial charge on any atom is -0.452 e. The molecular formula is C20H17FN2O3. The summed E-state index contributed by atoms with van der Waals surface area (Å²) in [6, 6.07) is 14.8. The van der Waals surface area contributed by atoms with Crippen molar-refractivity contribution < 1.29 is 18.7 Å². The first-order valence-corrected chi connectivity index (χ1v) is 8.11. The van der Waals surface area contributed by atoms with Gasteiger partial charge in [0.25, 0.3) is 5.91 Å². The lowest BCUT2D eigenvalue weighted by molar-refractivity contribution is -0.152. The number of amides is 1. The van der Waals surface area contributed by atoms with Crippen molar-refractivity contribution in [2.45, 2.75) is 19.4 Å². The third-order valence-electron chi connectivity index (χ3n) is 3.82. The Morgan fingerprint density at radius 1 is 1.15 bits per heavy atom. The van der Waals surface area contributed by atoms with E-state index in [4.69, 9.17) is 4.74 Å². The summed E-state index contributed by atoms with van der Waals surface area (Å²) in [5.74, 6) is -1.53. The van der Waals surface area contributed by atoms with Gasteiger partial charge >= 0.3 is 5.97 Å². The molecule has 3 aromatic rings. The van der Waals surface area contributed by atoms with E-state index in [9.17, 15) is 14.0 Å². The summed E-state index contributed by atoms with van der Waals surface area (Å²) in [6.45, 7) is 1.47. The molecule has 1 N–H and O–H groups in total. The highest BCUT2D eigenvalue weighted by molar-refractivity contribution is 5.95. The number of para-hydroxylation sites is 1. The van der Waals surface area contributed by atoms with Gasteiger partial charge in [0.2, 0.25) is 0 Å². The number of pyridine rings is 1. The number of hydrogen-bond donors (Lipinski definition) is 1. The number of hydrogen-bond acceptors (Lipinski definition) is 4. The number of benzene rings is 2. The van der Waals surface area contributed by atoms with Crippen molar-refractivity contribution in [1.29, 1.82) is 0 Å². The molecule has 1 aromatic heterocycles. The van der Waals surface area contributed by atoms with E-state index in [-0.39, 0.29) is 6.42 Å². The summed E-state index contributed by atoms with van der Waals surface area (Å²) in [4.78, 5) is 28.6. The number of nitrogens with one attached hydrogen (secondary N) is 1. The summed E-state index contributed by atoms with van der Waals surface area (Å²) in [5.41, 5.74) is 1.76. The molecule has 5 nitrogen and oxygen atoms in total. The van der Waals surface area contributed by atoms with Crippen LogP contribution in [-0.4, -0.2) is 23.0 Å². The number of fused-ring (bicyclic) bond motifs is 1. The Bertz CT molecular complexity index is 953. The van der Waals surface area contributed by atoms with Crippen LogP contribution in [0.2, 0.25) is 0 Å². The zero-order chi connectivity index (χ0) is 18.5. The van der Waals surface area contributed by atoms with Gasteiger partial charge in [-0.1, -0.05) is 30.3 Å². The maximum atomic E-state index is 13.2. The van der Waals surface area contributed by atoms with Crippen LogP contribution in [0.4, 0.5) is 10.1 Å². The van der Waals surface area contributed by atoms with Gasteiger partial charge in [0.1, 0.15) is 5.82 Å². The van der Waals surface area contributed by atoms with E-state index in [1.165, 1.54) is 25.1 Å². The quantitative estimate of drug-likeness (QED) is 0.714. The Morgan fingerprint density at radius 3 is 2.73 bits per heavy atom. The highest BCUT2D eigenvalue weighted by atomic mass is 19.1. The smallest absolute Gasteiger partial charge is 0.311 e. The topological polar surface area (TPSA) is 68.3 Å². The fraction of sp³-hybridized carbons (Fsp3) is 0.150. The molecule has 0 saturated carbocycles. The van der Waals surface area contributed by atoms with E-state index < -0.39 is 23.8 Å². The molecule has 0 saturated heterocycles. The predicted octanol–water partition coefficient (Wildman–Crippen LogP) is 3.49. The molecular weight excluding hydrogens is 335 g/mol. The first-order valence-electron chi connectivity index (χ1n) is 8.11. The fourth-order valence-electron chi connectivity index (χ4n) is 2.57. The van der Waals surface area contributed by atoms with Crippen LogP contribution in [0.3, 0.4) is 0 Å². The number of esters is 1. The van der Waals surface area contributed by atoms with Gasteiger partial charge < -0.3 is 10.1 Å². The zero-order valence-corrected chi connectivity index (χ0v) is 14.1. The van der Waals surface area contributed by atoms with E-state index in [1.54, 1.807) is 18.3 Å². The zero-order valence-electron chi connectivity index (χ0n) is 14.1. The molecule has 0 fully saturated rings. The number of halogens is 1. The van der Waals surface area contributed by atoms with E-state index >= 15 is 0 Å². The molecule has 1 atom stereocenters. The number of nitrogens with zero attached hydrogens (tertiary/aromatic N) is 1. The van der Waals surface area contributed by atoms with E-state index in [1.807, 2.05) is 24.3 Å². The van der Waals surface area contributed by atoms with Gasteiger partial charge in [0, 0.05) is 17.3 Å². The minimum atomic E-state index is -1.01. The Labute approximate surface area is 149 Å². The van der Waals surface area contributed by atoms with Crippen molar-refractivity contribution in [3.05, 3.63) is 72.2 Å². The lowest BCUT2D eigenvalue weighted by Crippen LogP contribution is -2.30. The van der Waals surface area contributed by atoms with Crippen molar-refractivity contribution >= 4 is 28.5 Å². The van der Waals surface area contributed by atoms with E-state index in [2.05, 4.69) is 10.3 Å². The highest BCUT2D eigenvalue weighted by Gasteiger charge is 2.19. The second-order valence-corrected chi connectivity index (χ2v) is 5.80. The van der Waals surface area contributed by atoms with Crippen LogP contribution >= 0.6 is 0 Å². The summed E-state index contributed by atoms with van der Waals surface area (Å²) in [7, 11) is 0. The van der Waals surface area contributed by atoms with E-state index in [0.717, 1.165) is 16.5 Å². The third-order valence-corrected chi connectivity index (χ3v) is 3.82. The number of carbonyl (C=O) groups is 2. The van der Waals surface area contributed by atoms with Crippen LogP contribution in [-0.2, 0) is 20.7 Å². The Morgan fingerprint density at radius 2 is 1.92 bits per heavy atom. The van der Waals surface area contributed by atoms with Gasteiger partial charge in [-0.2, -0.15) is 0 Å². The number of aromatic nitrogens is 1. The van der Waals surface area contributed by atoms with Crippen LogP contribution in [0.25, 0.3) is 10.9 Å². The van der Waals surface area contributed by atoms with Crippen molar-refractivity contribution in [3.63, 3.8) is 0 Å². The molecule has 0 aliphatic rings. The van der Waals surface area contributed by atoms with Crippen LogP contribution in [0, 0.1) is 5.82 Å². The average Bonchev–Trinajstić information content (AvgIpc) is 2.62. The molecule has 0 unspecified atom stereocenters. The molecule has 26 heavy (non-hydrogen) atoms. The molecule has 2 aromatic carbocycles. The first-order chi connectivity index (χ1) is 12.5. The van der Waals surface area contributed by atoms with Crippen LogP contribution in [0.5, 0.6) is 0 Å². The Kier molecular flexibility index (Phi) is 5.22. The third kappa shape index (κ3) is 4.22. The fourth-order valence-corrected chi connectivity index (χ4v) is 2.57. The molecule has 0 spiro atoms. The molecule has 3 rings (SSSR count). The van der Waals surface area contributed by atoms with Gasteiger partial charge in [-0.15, -0.1) is 0 Å². The Balaban J connectivity index is 1.62. The lowest BCUT2D eigenvalue weighted by atomic mass is 10.1. The highest BCUT2D eigenvalue weighted by Crippen LogP contribution is 2.17.